The first kappa shape index (κ1) is 10.0. The Kier molecular flexibility index (Phi) is 2.62. The number of carbonyl (C=O) groups is 1. The van der Waals surface area contributed by atoms with Crippen LogP contribution >= 0.6 is 0 Å². The molecule has 15 heavy (non-hydrogen) atoms. The summed E-state index contributed by atoms with van der Waals surface area (Å²) >= 11 is 0. The third-order valence-corrected chi connectivity index (χ3v) is 2.38. The molecule has 0 spiro atoms. The summed E-state index contributed by atoms with van der Waals surface area (Å²) < 4.78 is 5.67. The van der Waals surface area contributed by atoms with Crippen molar-refractivity contribution in [2.75, 3.05) is 0 Å². The average Bonchev–Trinajstić information content (AvgIpc) is 2.93. The maximum Gasteiger partial charge on any atom is 0.307 e. The minimum absolute atomic E-state index is 0.0301. The van der Waals surface area contributed by atoms with Crippen molar-refractivity contribution in [3.05, 3.63) is 29.3 Å². The molecule has 0 saturated heterocycles. The Morgan fingerprint density at radius 1 is 1.53 bits per heavy atom. The summed E-state index contributed by atoms with van der Waals surface area (Å²) in [6.45, 7) is 1.98. The quantitative estimate of drug-likeness (QED) is 0.821. The van der Waals surface area contributed by atoms with Crippen LogP contribution in [0.25, 0.3) is 0 Å². The number of benzene rings is 1. The van der Waals surface area contributed by atoms with E-state index in [-0.39, 0.29) is 6.42 Å². The second-order valence-corrected chi connectivity index (χ2v) is 4.00. The van der Waals surface area contributed by atoms with E-state index in [1.165, 1.54) is 0 Å². The largest absolute Gasteiger partial charge is 0.490 e. The van der Waals surface area contributed by atoms with Crippen LogP contribution in [0.2, 0.25) is 0 Å². The standard InChI is InChI=1S/C12H14O3/c1-8-2-3-9(7-12(13)14)11(6-8)15-10-4-5-10/h2-3,6,10H,4-5,7H2,1H3,(H,13,14). The number of carboxylic acid groups (broad SMARTS) is 1. The molecule has 2 rings (SSSR count). The van der Waals surface area contributed by atoms with Crippen LogP contribution in [0.5, 0.6) is 5.75 Å². The minimum atomic E-state index is -0.820. The number of ether oxygens (including phenoxy) is 1. The van der Waals surface area contributed by atoms with E-state index in [2.05, 4.69) is 0 Å². The molecule has 1 fully saturated rings. The molecule has 0 atom stereocenters. The zero-order chi connectivity index (χ0) is 10.8. The molecule has 1 aromatic rings. The first-order chi connectivity index (χ1) is 7.15. The van der Waals surface area contributed by atoms with Crippen molar-refractivity contribution >= 4 is 5.97 Å². The second-order valence-electron chi connectivity index (χ2n) is 4.00. The van der Waals surface area contributed by atoms with Gasteiger partial charge in [-0.25, -0.2) is 0 Å². The van der Waals surface area contributed by atoms with Crippen molar-refractivity contribution in [2.24, 2.45) is 0 Å². The predicted molar refractivity (Wildman–Crippen MR) is 56.2 cm³/mol. The summed E-state index contributed by atoms with van der Waals surface area (Å²) in [5, 5.41) is 8.75. The van der Waals surface area contributed by atoms with E-state index in [1.807, 2.05) is 25.1 Å². The lowest BCUT2D eigenvalue weighted by atomic mass is 10.1. The summed E-state index contributed by atoms with van der Waals surface area (Å²) in [7, 11) is 0. The van der Waals surface area contributed by atoms with Crippen molar-refractivity contribution in [3.63, 3.8) is 0 Å². The molecule has 1 N–H and O–H groups in total. The normalized spacial score (nSPS) is 15.0. The number of carboxylic acids is 1. The third kappa shape index (κ3) is 2.72. The monoisotopic (exact) mass is 206 g/mol. The summed E-state index contributed by atoms with van der Waals surface area (Å²) in [5.74, 6) is -0.0839. The van der Waals surface area contributed by atoms with Gasteiger partial charge in [-0.1, -0.05) is 12.1 Å². The van der Waals surface area contributed by atoms with Crippen LogP contribution in [0, 0.1) is 6.92 Å². The number of hydrogen-bond acceptors (Lipinski definition) is 2. The zero-order valence-corrected chi connectivity index (χ0v) is 8.69. The molecule has 0 unspecified atom stereocenters. The van der Waals surface area contributed by atoms with Gasteiger partial charge in [0.2, 0.25) is 0 Å². The Bertz CT molecular complexity index is 380. The fourth-order valence-corrected chi connectivity index (χ4v) is 1.45. The van der Waals surface area contributed by atoms with E-state index < -0.39 is 5.97 Å². The van der Waals surface area contributed by atoms with Gasteiger partial charge in [-0.05, 0) is 31.4 Å². The molecular weight excluding hydrogens is 192 g/mol. The number of hydrogen-bond donors (Lipinski definition) is 1. The molecule has 3 nitrogen and oxygen atoms in total. The highest BCUT2D eigenvalue weighted by Gasteiger charge is 2.24. The lowest BCUT2D eigenvalue weighted by molar-refractivity contribution is -0.136. The molecule has 0 aromatic heterocycles. The van der Waals surface area contributed by atoms with Gasteiger partial charge in [0.05, 0.1) is 12.5 Å². The lowest BCUT2D eigenvalue weighted by Crippen LogP contribution is -2.05. The summed E-state index contributed by atoms with van der Waals surface area (Å²) in [6, 6.07) is 5.66. The Morgan fingerprint density at radius 2 is 2.27 bits per heavy atom. The number of rotatable bonds is 4. The fraction of sp³-hybridized carbons (Fsp3) is 0.417. The Hall–Kier alpha value is -1.51. The van der Waals surface area contributed by atoms with E-state index in [1.54, 1.807) is 0 Å². The summed E-state index contributed by atoms with van der Waals surface area (Å²) in [5.41, 5.74) is 1.86. The molecule has 1 aromatic carbocycles. The SMILES string of the molecule is Cc1ccc(CC(=O)O)c(OC2CC2)c1. The minimum Gasteiger partial charge on any atom is -0.490 e. The van der Waals surface area contributed by atoms with Crippen molar-refractivity contribution in [1.29, 1.82) is 0 Å². The van der Waals surface area contributed by atoms with Crippen LogP contribution in [0.1, 0.15) is 24.0 Å². The molecule has 0 heterocycles. The van der Waals surface area contributed by atoms with Crippen molar-refractivity contribution < 1.29 is 14.6 Å². The van der Waals surface area contributed by atoms with Crippen LogP contribution in [0.15, 0.2) is 18.2 Å². The lowest BCUT2D eigenvalue weighted by Gasteiger charge is -2.10. The van der Waals surface area contributed by atoms with Crippen molar-refractivity contribution in [2.45, 2.75) is 32.3 Å². The van der Waals surface area contributed by atoms with Crippen LogP contribution in [0.3, 0.4) is 0 Å². The van der Waals surface area contributed by atoms with E-state index >= 15 is 0 Å². The van der Waals surface area contributed by atoms with Crippen LogP contribution < -0.4 is 4.74 Å². The van der Waals surface area contributed by atoms with Crippen LogP contribution in [-0.2, 0) is 11.2 Å². The zero-order valence-electron chi connectivity index (χ0n) is 8.69. The van der Waals surface area contributed by atoms with Gasteiger partial charge in [0.25, 0.3) is 0 Å². The maximum atomic E-state index is 10.7. The van der Waals surface area contributed by atoms with Gasteiger partial charge in [-0.15, -0.1) is 0 Å². The van der Waals surface area contributed by atoms with Gasteiger partial charge in [-0.3, -0.25) is 4.79 Å². The highest BCUT2D eigenvalue weighted by molar-refractivity contribution is 5.71. The van der Waals surface area contributed by atoms with E-state index in [0.29, 0.717) is 6.10 Å². The van der Waals surface area contributed by atoms with E-state index in [9.17, 15) is 4.79 Å². The van der Waals surface area contributed by atoms with Gasteiger partial charge in [-0.2, -0.15) is 0 Å². The fourth-order valence-electron chi connectivity index (χ4n) is 1.45. The highest BCUT2D eigenvalue weighted by Crippen LogP contribution is 2.30. The smallest absolute Gasteiger partial charge is 0.307 e. The third-order valence-electron chi connectivity index (χ3n) is 2.38. The highest BCUT2D eigenvalue weighted by atomic mass is 16.5. The van der Waals surface area contributed by atoms with E-state index in [0.717, 1.165) is 29.7 Å². The molecule has 1 aliphatic rings. The van der Waals surface area contributed by atoms with Crippen LogP contribution in [0.4, 0.5) is 0 Å². The predicted octanol–water partition coefficient (Wildman–Crippen LogP) is 2.16. The molecule has 0 radical (unpaired) electrons. The second kappa shape index (κ2) is 3.93. The molecule has 0 aliphatic heterocycles. The molecule has 3 heteroatoms. The molecular formula is C12H14O3. The average molecular weight is 206 g/mol. The molecule has 80 valence electrons. The number of aryl methyl sites for hydroxylation is 1. The first-order valence-corrected chi connectivity index (χ1v) is 5.13. The topological polar surface area (TPSA) is 46.5 Å². The Labute approximate surface area is 88.7 Å². The van der Waals surface area contributed by atoms with Gasteiger partial charge in [0, 0.05) is 5.56 Å². The van der Waals surface area contributed by atoms with Crippen LogP contribution in [-0.4, -0.2) is 17.2 Å². The molecule has 1 saturated carbocycles. The van der Waals surface area contributed by atoms with Gasteiger partial charge in [0.15, 0.2) is 0 Å². The first-order valence-electron chi connectivity index (χ1n) is 5.13. The summed E-state index contributed by atoms with van der Waals surface area (Å²) in [6.07, 6.45) is 2.50. The van der Waals surface area contributed by atoms with Gasteiger partial charge < -0.3 is 9.84 Å². The Balaban J connectivity index is 2.21. The van der Waals surface area contributed by atoms with Gasteiger partial charge >= 0.3 is 5.97 Å². The van der Waals surface area contributed by atoms with Crippen molar-refractivity contribution in [1.82, 2.24) is 0 Å². The van der Waals surface area contributed by atoms with Crippen molar-refractivity contribution in [3.8, 4) is 5.75 Å². The maximum absolute atomic E-state index is 10.7. The van der Waals surface area contributed by atoms with E-state index in [4.69, 9.17) is 9.84 Å². The molecule has 0 bridgehead atoms. The van der Waals surface area contributed by atoms with Gasteiger partial charge in [0.1, 0.15) is 5.75 Å². The summed E-state index contributed by atoms with van der Waals surface area (Å²) in [4.78, 5) is 10.7. The molecule has 0 amide bonds. The Morgan fingerprint density at radius 3 is 2.87 bits per heavy atom. The number of aliphatic carboxylic acids is 1. The molecule has 1 aliphatic carbocycles.